The fourth-order valence-electron chi connectivity index (χ4n) is 4.63. The molecule has 0 aliphatic carbocycles. The molecule has 7 nitrogen and oxygen atoms in total. The number of aliphatic carboxylic acids is 1. The second kappa shape index (κ2) is 8.04. The number of hydrogen-bond donors (Lipinski definition) is 1. The van der Waals surface area contributed by atoms with Crippen molar-refractivity contribution < 1.29 is 9.90 Å². The monoisotopic (exact) mass is 430 g/mol. The molecule has 0 saturated heterocycles. The highest BCUT2D eigenvalue weighted by Crippen LogP contribution is 2.29. The number of nitrogens with zero attached hydrogens (tertiary/aromatic N) is 4. The molecule has 7 heteroatoms. The summed E-state index contributed by atoms with van der Waals surface area (Å²) in [5.41, 5.74) is 5.96. The molecule has 0 fully saturated rings. The topological polar surface area (TPSA) is 92.9 Å². The average molecular weight is 431 g/mol. The van der Waals surface area contributed by atoms with Crippen LogP contribution >= 0.6 is 0 Å². The summed E-state index contributed by atoms with van der Waals surface area (Å²) < 4.78 is 5.31. The molecule has 4 aromatic rings. The molecule has 0 saturated carbocycles. The molecule has 32 heavy (non-hydrogen) atoms. The molecular formula is C25H26N4O3. The van der Waals surface area contributed by atoms with Gasteiger partial charge in [0.1, 0.15) is 0 Å². The van der Waals surface area contributed by atoms with Gasteiger partial charge in [-0.25, -0.2) is 4.79 Å². The van der Waals surface area contributed by atoms with Crippen LogP contribution in [0.4, 0.5) is 0 Å². The van der Waals surface area contributed by atoms with Gasteiger partial charge in [0.15, 0.2) is 0 Å². The zero-order valence-corrected chi connectivity index (χ0v) is 18.7. The minimum absolute atomic E-state index is 0.154. The normalized spacial score (nSPS) is 12.3. The van der Waals surface area contributed by atoms with Gasteiger partial charge in [0.25, 0.3) is 0 Å². The zero-order valence-electron chi connectivity index (χ0n) is 18.7. The van der Waals surface area contributed by atoms with E-state index in [4.69, 9.17) is 0 Å². The van der Waals surface area contributed by atoms with Crippen molar-refractivity contribution in [2.24, 2.45) is 7.05 Å². The lowest BCUT2D eigenvalue weighted by atomic mass is 10.0. The molecule has 0 aliphatic heterocycles. The molecule has 0 unspecified atom stereocenters. The number of aryl methyl sites for hydroxylation is 3. The number of carbonyl (C=O) groups is 1. The van der Waals surface area contributed by atoms with Gasteiger partial charge in [-0.05, 0) is 61.2 Å². The van der Waals surface area contributed by atoms with Gasteiger partial charge < -0.3 is 9.67 Å². The molecule has 2 aromatic heterocycles. The molecule has 0 aliphatic rings. The molecule has 2 aromatic carbocycles. The Kier molecular flexibility index (Phi) is 5.39. The highest BCUT2D eigenvalue weighted by Gasteiger charge is 2.23. The Labute approximate surface area is 185 Å². The smallest absolute Gasteiger partial charge is 0.329 e. The van der Waals surface area contributed by atoms with Gasteiger partial charge in [0, 0.05) is 30.2 Å². The summed E-state index contributed by atoms with van der Waals surface area (Å²) in [5, 5.41) is 19.9. The Morgan fingerprint density at radius 1 is 1.16 bits per heavy atom. The summed E-state index contributed by atoms with van der Waals surface area (Å²) in [7, 11) is 1.99. The van der Waals surface area contributed by atoms with Gasteiger partial charge in [-0.15, -0.1) is 0 Å². The third kappa shape index (κ3) is 3.38. The van der Waals surface area contributed by atoms with Crippen LogP contribution in [0.25, 0.3) is 21.9 Å². The largest absolute Gasteiger partial charge is 0.481 e. The van der Waals surface area contributed by atoms with Crippen LogP contribution in [0, 0.1) is 25.2 Å². The van der Waals surface area contributed by atoms with Gasteiger partial charge in [-0.1, -0.05) is 13.0 Å². The lowest BCUT2D eigenvalue weighted by molar-refractivity contribution is -0.137. The highest BCUT2D eigenvalue weighted by molar-refractivity contribution is 5.88. The van der Waals surface area contributed by atoms with Gasteiger partial charge in [0.2, 0.25) is 0 Å². The van der Waals surface area contributed by atoms with E-state index in [-0.39, 0.29) is 12.1 Å². The third-order valence-electron chi connectivity index (χ3n) is 6.43. The third-order valence-corrected chi connectivity index (χ3v) is 6.43. The van der Waals surface area contributed by atoms with Gasteiger partial charge >= 0.3 is 11.7 Å². The van der Waals surface area contributed by atoms with Crippen LogP contribution < -0.4 is 5.69 Å². The summed E-state index contributed by atoms with van der Waals surface area (Å²) in [5.74, 6) is -0.957. The van der Waals surface area contributed by atoms with E-state index < -0.39 is 12.0 Å². The Morgan fingerprint density at radius 2 is 1.88 bits per heavy atom. The number of carboxylic acid groups (broad SMARTS) is 1. The van der Waals surface area contributed by atoms with Gasteiger partial charge in [-0.3, -0.25) is 13.9 Å². The van der Waals surface area contributed by atoms with E-state index in [9.17, 15) is 20.0 Å². The van der Waals surface area contributed by atoms with Crippen LogP contribution in [0.15, 0.2) is 41.3 Å². The second-order valence-electron chi connectivity index (χ2n) is 8.38. The van der Waals surface area contributed by atoms with Crippen molar-refractivity contribution in [3.05, 3.63) is 69.3 Å². The van der Waals surface area contributed by atoms with Crippen molar-refractivity contribution in [2.75, 3.05) is 0 Å². The summed E-state index contributed by atoms with van der Waals surface area (Å²) in [6.07, 6.45) is 2.39. The lowest BCUT2D eigenvalue weighted by Crippen LogP contribution is -2.28. The zero-order chi connectivity index (χ0) is 23.2. The Morgan fingerprint density at radius 3 is 2.53 bits per heavy atom. The first-order valence-electron chi connectivity index (χ1n) is 10.7. The van der Waals surface area contributed by atoms with Crippen molar-refractivity contribution >= 4 is 27.9 Å². The number of benzene rings is 2. The first kappa shape index (κ1) is 21.4. The molecule has 0 spiro atoms. The average Bonchev–Trinajstić information content (AvgIpc) is 3.22. The maximum atomic E-state index is 13.6. The predicted molar refractivity (Wildman–Crippen MR) is 124 cm³/mol. The summed E-state index contributed by atoms with van der Waals surface area (Å²) in [6, 6.07) is 11.0. The number of rotatable bonds is 6. The SMILES string of the molecule is CC[C@@H](CC(=O)O)n1c(=O)n(Cc2cn(C)c3ccc(C)c(C)c23)c2ccc(C#N)cc21. The molecule has 0 radical (unpaired) electrons. The van der Waals surface area contributed by atoms with E-state index in [0.29, 0.717) is 29.6 Å². The number of fused-ring (bicyclic) bond motifs is 2. The first-order chi connectivity index (χ1) is 15.3. The molecule has 1 N–H and O–H groups in total. The maximum Gasteiger partial charge on any atom is 0.329 e. The predicted octanol–water partition coefficient (Wildman–Crippen LogP) is 4.26. The van der Waals surface area contributed by atoms with Crippen molar-refractivity contribution in [2.45, 2.75) is 46.2 Å². The van der Waals surface area contributed by atoms with Crippen LogP contribution in [-0.2, 0) is 18.4 Å². The lowest BCUT2D eigenvalue weighted by Gasteiger charge is -2.14. The Balaban J connectivity index is 1.97. The minimum atomic E-state index is -0.957. The second-order valence-corrected chi connectivity index (χ2v) is 8.38. The molecule has 164 valence electrons. The van der Waals surface area contributed by atoms with E-state index in [1.54, 1.807) is 27.3 Å². The Hall–Kier alpha value is -3.79. The van der Waals surface area contributed by atoms with Crippen LogP contribution in [0.2, 0.25) is 0 Å². The quantitative estimate of drug-likeness (QED) is 0.495. The Bertz CT molecular complexity index is 1460. The fraction of sp³-hybridized carbons (Fsp3) is 0.320. The van der Waals surface area contributed by atoms with E-state index >= 15 is 0 Å². The van der Waals surface area contributed by atoms with E-state index in [1.807, 2.05) is 20.2 Å². The fourth-order valence-corrected chi connectivity index (χ4v) is 4.63. The first-order valence-corrected chi connectivity index (χ1v) is 10.7. The van der Waals surface area contributed by atoms with Crippen molar-refractivity contribution in [1.82, 2.24) is 13.7 Å². The summed E-state index contributed by atoms with van der Waals surface area (Å²) in [6.45, 7) is 6.39. The molecule has 2 heterocycles. The van der Waals surface area contributed by atoms with Crippen LogP contribution in [0.1, 0.15) is 48.1 Å². The van der Waals surface area contributed by atoms with E-state index in [0.717, 1.165) is 16.5 Å². The van der Waals surface area contributed by atoms with Crippen molar-refractivity contribution in [1.29, 1.82) is 5.26 Å². The van der Waals surface area contributed by atoms with Crippen molar-refractivity contribution in [3.63, 3.8) is 0 Å². The number of nitriles is 1. The van der Waals surface area contributed by atoms with E-state index in [2.05, 4.69) is 36.6 Å². The molecule has 0 bridgehead atoms. The molecule has 0 amide bonds. The van der Waals surface area contributed by atoms with E-state index in [1.165, 1.54) is 11.1 Å². The molecule has 1 atom stereocenters. The number of carboxylic acids is 1. The minimum Gasteiger partial charge on any atom is -0.481 e. The van der Waals surface area contributed by atoms with Crippen LogP contribution in [-0.4, -0.2) is 24.8 Å². The van der Waals surface area contributed by atoms with Gasteiger partial charge in [-0.2, -0.15) is 5.26 Å². The number of aromatic nitrogens is 3. The van der Waals surface area contributed by atoms with Crippen molar-refractivity contribution in [3.8, 4) is 6.07 Å². The van der Waals surface area contributed by atoms with Crippen LogP contribution in [0.3, 0.4) is 0 Å². The molecular weight excluding hydrogens is 404 g/mol. The van der Waals surface area contributed by atoms with Gasteiger partial charge in [0.05, 0.1) is 35.6 Å². The number of hydrogen-bond acceptors (Lipinski definition) is 3. The summed E-state index contributed by atoms with van der Waals surface area (Å²) in [4.78, 5) is 25.1. The highest BCUT2D eigenvalue weighted by atomic mass is 16.4. The summed E-state index contributed by atoms with van der Waals surface area (Å²) >= 11 is 0. The standard InChI is InChI=1S/C25H26N4O3/c1-5-19(11-23(30)31)29-22-10-17(12-26)7-9-20(22)28(25(29)32)14-18-13-27(4)21-8-6-15(2)16(3)24(18)21/h6-10,13,19H,5,11,14H2,1-4H3,(H,30,31)/t19-/m0/s1. The van der Waals surface area contributed by atoms with Crippen LogP contribution in [0.5, 0.6) is 0 Å². The molecule has 4 rings (SSSR count). The number of imidazole rings is 1. The maximum absolute atomic E-state index is 13.6.